The Hall–Kier alpha value is -1.98. The van der Waals surface area contributed by atoms with E-state index in [2.05, 4.69) is 29.2 Å². The van der Waals surface area contributed by atoms with Crippen molar-refractivity contribution >= 4 is 27.4 Å². The fraction of sp³-hybridized carbons (Fsp3) is 0.455. The Morgan fingerprint density at radius 3 is 2.63 bits per heavy atom. The molecule has 1 aliphatic heterocycles. The lowest BCUT2D eigenvalue weighted by molar-refractivity contribution is 0.165. The molecule has 3 aromatic rings. The lowest BCUT2D eigenvalue weighted by Gasteiger charge is -2.41. The number of rotatable bonds is 3. The standard InChI is InChI=1S/C22H25N3OS/c1-15-23-20(19-17-8-5-9-18(17)27-21(19)24-15)25-12-10-22(14-26,11-13-25)16-6-3-2-4-7-16/h2-4,6-7,26H,5,8-14H2,1H3. The molecule has 1 N–H and O–H groups in total. The lowest BCUT2D eigenvalue weighted by Crippen LogP contribution is -2.45. The van der Waals surface area contributed by atoms with Crippen molar-refractivity contribution < 1.29 is 5.11 Å². The van der Waals surface area contributed by atoms with Crippen LogP contribution in [0.15, 0.2) is 30.3 Å². The average molecular weight is 380 g/mol. The molecule has 0 amide bonds. The Labute approximate surface area is 163 Å². The third-order valence-electron chi connectivity index (χ3n) is 6.37. The second kappa shape index (κ2) is 6.57. The highest BCUT2D eigenvalue weighted by Gasteiger charge is 2.37. The highest BCUT2D eigenvalue weighted by atomic mass is 32.1. The molecular weight excluding hydrogens is 354 g/mol. The number of benzene rings is 1. The quantitative estimate of drug-likeness (QED) is 0.747. The van der Waals surface area contributed by atoms with Crippen molar-refractivity contribution in [1.29, 1.82) is 0 Å². The number of aliphatic hydroxyl groups excluding tert-OH is 1. The van der Waals surface area contributed by atoms with Gasteiger partial charge in [-0.05, 0) is 50.2 Å². The number of aliphatic hydroxyl groups is 1. The largest absolute Gasteiger partial charge is 0.395 e. The summed E-state index contributed by atoms with van der Waals surface area (Å²) < 4.78 is 0. The zero-order valence-electron chi connectivity index (χ0n) is 15.7. The van der Waals surface area contributed by atoms with E-state index >= 15 is 0 Å². The molecule has 5 rings (SSSR count). The van der Waals surface area contributed by atoms with E-state index in [0.29, 0.717) is 0 Å². The first kappa shape index (κ1) is 17.1. The fourth-order valence-corrected chi connectivity index (χ4v) is 6.09. The SMILES string of the molecule is Cc1nc(N2CCC(CO)(c3ccccc3)CC2)c2c3c(sc2n1)CCC3. The molecule has 140 valence electrons. The number of aromatic nitrogens is 2. The van der Waals surface area contributed by atoms with Gasteiger partial charge in [0.2, 0.25) is 0 Å². The topological polar surface area (TPSA) is 49.2 Å². The molecule has 5 heteroatoms. The van der Waals surface area contributed by atoms with Gasteiger partial charge in [-0.15, -0.1) is 11.3 Å². The number of hydrogen-bond donors (Lipinski definition) is 1. The molecule has 0 unspecified atom stereocenters. The Morgan fingerprint density at radius 1 is 1.11 bits per heavy atom. The summed E-state index contributed by atoms with van der Waals surface area (Å²) in [6, 6.07) is 10.5. The summed E-state index contributed by atoms with van der Waals surface area (Å²) in [6.45, 7) is 4.05. The van der Waals surface area contributed by atoms with E-state index in [-0.39, 0.29) is 12.0 Å². The molecule has 0 bridgehead atoms. The number of nitrogens with zero attached hydrogens (tertiary/aromatic N) is 3. The van der Waals surface area contributed by atoms with Crippen molar-refractivity contribution in [3.05, 3.63) is 52.2 Å². The van der Waals surface area contributed by atoms with E-state index in [1.807, 2.05) is 24.3 Å². The maximum absolute atomic E-state index is 10.2. The second-order valence-corrected chi connectivity index (χ2v) is 9.01. The van der Waals surface area contributed by atoms with E-state index in [1.165, 1.54) is 34.2 Å². The van der Waals surface area contributed by atoms with Crippen LogP contribution in [0, 0.1) is 6.92 Å². The van der Waals surface area contributed by atoms with Gasteiger partial charge in [0.1, 0.15) is 16.5 Å². The van der Waals surface area contributed by atoms with E-state index in [0.717, 1.165) is 48.8 Å². The Balaban J connectivity index is 1.49. The number of fused-ring (bicyclic) bond motifs is 3. The summed E-state index contributed by atoms with van der Waals surface area (Å²) in [7, 11) is 0. The first-order valence-electron chi connectivity index (χ1n) is 9.90. The second-order valence-electron chi connectivity index (χ2n) is 7.92. The van der Waals surface area contributed by atoms with Gasteiger partial charge in [0.05, 0.1) is 12.0 Å². The van der Waals surface area contributed by atoms with Crippen molar-refractivity contribution in [2.75, 3.05) is 24.6 Å². The number of aryl methyl sites for hydroxylation is 3. The van der Waals surface area contributed by atoms with Crippen LogP contribution in [0.3, 0.4) is 0 Å². The molecule has 1 aliphatic carbocycles. The number of piperidine rings is 1. The van der Waals surface area contributed by atoms with E-state index in [9.17, 15) is 5.11 Å². The van der Waals surface area contributed by atoms with Gasteiger partial charge < -0.3 is 10.0 Å². The zero-order chi connectivity index (χ0) is 18.4. The molecule has 0 spiro atoms. The molecule has 2 aromatic heterocycles. The number of thiophene rings is 1. The van der Waals surface area contributed by atoms with Gasteiger partial charge in [-0.3, -0.25) is 0 Å². The fourth-order valence-electron chi connectivity index (χ4n) is 4.79. The third-order valence-corrected chi connectivity index (χ3v) is 7.55. The van der Waals surface area contributed by atoms with Crippen LogP contribution in [0.2, 0.25) is 0 Å². The van der Waals surface area contributed by atoms with Crippen LogP contribution in [0.1, 0.15) is 41.1 Å². The highest BCUT2D eigenvalue weighted by Crippen LogP contribution is 2.42. The lowest BCUT2D eigenvalue weighted by atomic mass is 9.73. The van der Waals surface area contributed by atoms with Crippen LogP contribution in [0.4, 0.5) is 5.82 Å². The van der Waals surface area contributed by atoms with Gasteiger partial charge in [-0.1, -0.05) is 30.3 Å². The van der Waals surface area contributed by atoms with Crippen molar-refractivity contribution in [3.63, 3.8) is 0 Å². The molecule has 3 heterocycles. The molecule has 0 saturated carbocycles. The van der Waals surface area contributed by atoms with Gasteiger partial charge in [0, 0.05) is 23.4 Å². The van der Waals surface area contributed by atoms with Gasteiger partial charge in [0.15, 0.2) is 0 Å². The first-order valence-corrected chi connectivity index (χ1v) is 10.7. The summed E-state index contributed by atoms with van der Waals surface area (Å²) in [5.74, 6) is 1.98. The smallest absolute Gasteiger partial charge is 0.141 e. The molecular formula is C22H25N3OS. The molecule has 1 saturated heterocycles. The van der Waals surface area contributed by atoms with Crippen molar-refractivity contribution in [1.82, 2.24) is 9.97 Å². The van der Waals surface area contributed by atoms with E-state index < -0.39 is 0 Å². The van der Waals surface area contributed by atoms with Crippen LogP contribution in [0.25, 0.3) is 10.2 Å². The van der Waals surface area contributed by atoms with Crippen molar-refractivity contribution in [2.45, 2.75) is 44.4 Å². The van der Waals surface area contributed by atoms with Crippen LogP contribution >= 0.6 is 11.3 Å². The molecule has 0 radical (unpaired) electrons. The zero-order valence-corrected chi connectivity index (χ0v) is 16.6. The van der Waals surface area contributed by atoms with Crippen LogP contribution < -0.4 is 4.90 Å². The van der Waals surface area contributed by atoms with Crippen LogP contribution in [0.5, 0.6) is 0 Å². The molecule has 2 aliphatic rings. The molecule has 0 atom stereocenters. The monoisotopic (exact) mass is 379 g/mol. The van der Waals surface area contributed by atoms with Crippen molar-refractivity contribution in [2.24, 2.45) is 0 Å². The molecule has 1 aromatic carbocycles. The van der Waals surface area contributed by atoms with Gasteiger partial charge in [0.25, 0.3) is 0 Å². The summed E-state index contributed by atoms with van der Waals surface area (Å²) >= 11 is 1.86. The third kappa shape index (κ3) is 2.75. The predicted octanol–water partition coefficient (Wildman–Crippen LogP) is 4.02. The van der Waals surface area contributed by atoms with Crippen LogP contribution in [-0.2, 0) is 18.3 Å². The molecule has 4 nitrogen and oxygen atoms in total. The summed E-state index contributed by atoms with van der Waals surface area (Å²) in [5, 5.41) is 11.5. The minimum atomic E-state index is -0.129. The van der Waals surface area contributed by atoms with E-state index in [4.69, 9.17) is 9.97 Å². The Morgan fingerprint density at radius 2 is 1.89 bits per heavy atom. The van der Waals surface area contributed by atoms with Crippen LogP contribution in [-0.4, -0.2) is 34.8 Å². The highest BCUT2D eigenvalue weighted by molar-refractivity contribution is 7.19. The summed E-state index contributed by atoms with van der Waals surface area (Å²) in [5.41, 5.74) is 2.62. The van der Waals surface area contributed by atoms with E-state index in [1.54, 1.807) is 0 Å². The number of anilines is 1. The minimum Gasteiger partial charge on any atom is -0.395 e. The summed E-state index contributed by atoms with van der Waals surface area (Å²) in [4.78, 5) is 14.7. The predicted molar refractivity (Wildman–Crippen MR) is 111 cm³/mol. The average Bonchev–Trinajstić information content (AvgIpc) is 3.29. The first-order chi connectivity index (χ1) is 13.2. The normalized spacial score (nSPS) is 18.8. The summed E-state index contributed by atoms with van der Waals surface area (Å²) in [6.07, 6.45) is 5.50. The maximum Gasteiger partial charge on any atom is 0.141 e. The van der Waals surface area contributed by atoms with Crippen molar-refractivity contribution in [3.8, 4) is 0 Å². The maximum atomic E-state index is 10.2. The van der Waals surface area contributed by atoms with Gasteiger partial charge in [-0.25, -0.2) is 9.97 Å². The minimum absolute atomic E-state index is 0.129. The molecule has 27 heavy (non-hydrogen) atoms. The molecule has 1 fully saturated rings. The number of hydrogen-bond acceptors (Lipinski definition) is 5. The van der Waals surface area contributed by atoms with Gasteiger partial charge in [-0.2, -0.15) is 0 Å². The Bertz CT molecular complexity index is 974. The Kier molecular flexibility index (Phi) is 4.17. The van der Waals surface area contributed by atoms with Gasteiger partial charge >= 0.3 is 0 Å².